The number of amides is 2. The average Bonchev–Trinajstić information content (AvgIpc) is 2.64. The largest absolute Gasteiger partial charge is 0.480 e. The number of nitrogens with one attached hydrogen (secondary N) is 2. The minimum Gasteiger partial charge on any atom is -0.480 e. The molecule has 1 aromatic rings. The van der Waals surface area contributed by atoms with Crippen LogP contribution in [-0.4, -0.2) is 41.4 Å². The van der Waals surface area contributed by atoms with Crippen LogP contribution in [0.3, 0.4) is 0 Å². The Kier molecular flexibility index (Phi) is 9.98. The van der Waals surface area contributed by atoms with Gasteiger partial charge in [0.25, 0.3) is 0 Å². The van der Waals surface area contributed by atoms with E-state index in [9.17, 15) is 19.5 Å². The number of azide groups is 1. The summed E-state index contributed by atoms with van der Waals surface area (Å²) in [7, 11) is 0. The van der Waals surface area contributed by atoms with Gasteiger partial charge in [-0.1, -0.05) is 29.4 Å². The van der Waals surface area contributed by atoms with Crippen molar-refractivity contribution in [1.29, 1.82) is 0 Å². The molecule has 0 aliphatic rings. The molecule has 0 bridgehead atoms. The van der Waals surface area contributed by atoms with Crippen molar-refractivity contribution in [2.24, 2.45) is 5.11 Å². The Morgan fingerprint density at radius 3 is 2.53 bits per heavy atom. The van der Waals surface area contributed by atoms with Gasteiger partial charge >= 0.3 is 18.2 Å². The van der Waals surface area contributed by atoms with E-state index in [-0.39, 0.29) is 19.6 Å². The van der Waals surface area contributed by atoms with Gasteiger partial charge in [0, 0.05) is 17.1 Å². The molecule has 164 valence electrons. The first-order valence-electron chi connectivity index (χ1n) is 9.38. The van der Waals surface area contributed by atoms with Gasteiger partial charge in [0.15, 0.2) is 0 Å². The third-order valence-electron chi connectivity index (χ3n) is 3.68. The van der Waals surface area contributed by atoms with E-state index in [1.807, 2.05) is 0 Å². The van der Waals surface area contributed by atoms with Crippen molar-refractivity contribution in [2.45, 2.75) is 58.3 Å². The number of ether oxygens (including phenoxy) is 2. The maximum absolute atomic E-state index is 11.8. The normalized spacial score (nSPS) is 11.6. The van der Waals surface area contributed by atoms with E-state index in [0.717, 1.165) is 0 Å². The lowest BCUT2D eigenvalue weighted by Crippen LogP contribution is -2.43. The van der Waals surface area contributed by atoms with Crippen molar-refractivity contribution in [3.8, 4) is 0 Å². The van der Waals surface area contributed by atoms with Crippen LogP contribution < -0.4 is 10.6 Å². The number of aliphatic carboxylic acids is 1. The first-order chi connectivity index (χ1) is 14.1. The van der Waals surface area contributed by atoms with Crippen molar-refractivity contribution in [3.05, 3.63) is 40.3 Å². The van der Waals surface area contributed by atoms with Gasteiger partial charge < -0.3 is 25.2 Å². The van der Waals surface area contributed by atoms with E-state index < -0.39 is 29.8 Å². The van der Waals surface area contributed by atoms with Crippen molar-refractivity contribution < 1.29 is 29.0 Å². The van der Waals surface area contributed by atoms with Crippen molar-refractivity contribution in [3.63, 3.8) is 0 Å². The van der Waals surface area contributed by atoms with E-state index in [4.69, 9.17) is 15.0 Å². The number of rotatable bonds is 10. The predicted molar refractivity (Wildman–Crippen MR) is 108 cm³/mol. The topological polar surface area (TPSA) is 163 Å². The highest BCUT2D eigenvalue weighted by Crippen LogP contribution is 2.19. The maximum Gasteiger partial charge on any atom is 0.408 e. The highest BCUT2D eigenvalue weighted by Gasteiger charge is 2.23. The van der Waals surface area contributed by atoms with E-state index in [0.29, 0.717) is 24.1 Å². The molecule has 0 unspecified atom stereocenters. The molecular weight excluding hydrogens is 394 g/mol. The Balaban J connectivity index is 2.31. The third-order valence-corrected chi connectivity index (χ3v) is 3.68. The van der Waals surface area contributed by atoms with E-state index in [2.05, 4.69) is 20.7 Å². The van der Waals surface area contributed by atoms with E-state index in [1.165, 1.54) is 0 Å². The third kappa shape index (κ3) is 10.2. The second kappa shape index (κ2) is 12.2. The number of carbonyl (C=O) groups excluding carboxylic acids is 2. The van der Waals surface area contributed by atoms with Crippen LogP contribution in [0.25, 0.3) is 10.4 Å². The van der Waals surface area contributed by atoms with E-state index >= 15 is 0 Å². The van der Waals surface area contributed by atoms with Crippen LogP contribution in [0.1, 0.15) is 45.6 Å². The number of carbonyl (C=O) groups is 3. The van der Waals surface area contributed by atoms with Crippen LogP contribution >= 0.6 is 0 Å². The molecule has 11 nitrogen and oxygen atoms in total. The van der Waals surface area contributed by atoms with Crippen LogP contribution in [0.2, 0.25) is 0 Å². The molecule has 0 heterocycles. The molecule has 0 saturated heterocycles. The average molecular weight is 421 g/mol. The summed E-state index contributed by atoms with van der Waals surface area (Å²) in [6, 6.07) is 5.65. The lowest BCUT2D eigenvalue weighted by Gasteiger charge is -2.22. The number of hydrogen-bond acceptors (Lipinski definition) is 6. The number of benzene rings is 1. The summed E-state index contributed by atoms with van der Waals surface area (Å²) in [5.74, 6) is -1.16. The van der Waals surface area contributed by atoms with Crippen LogP contribution in [0, 0.1) is 0 Å². The molecule has 3 N–H and O–H groups in total. The van der Waals surface area contributed by atoms with Gasteiger partial charge in [0.2, 0.25) is 0 Å². The molecule has 0 radical (unpaired) electrons. The van der Waals surface area contributed by atoms with Gasteiger partial charge in [0.05, 0.1) is 0 Å². The van der Waals surface area contributed by atoms with Crippen LogP contribution in [-0.2, 0) is 20.9 Å². The zero-order valence-electron chi connectivity index (χ0n) is 17.3. The Morgan fingerprint density at radius 1 is 1.20 bits per heavy atom. The molecule has 0 saturated carbocycles. The minimum atomic E-state index is -1.16. The number of unbranched alkanes of at least 4 members (excludes halogenated alkanes) is 1. The van der Waals surface area contributed by atoms with Gasteiger partial charge in [-0.05, 0) is 51.1 Å². The fraction of sp³-hybridized carbons (Fsp3) is 0.526. The number of carboxylic acids is 1. The first-order valence-corrected chi connectivity index (χ1v) is 9.38. The zero-order valence-corrected chi connectivity index (χ0v) is 17.3. The van der Waals surface area contributed by atoms with Crippen molar-refractivity contribution in [2.75, 3.05) is 6.54 Å². The van der Waals surface area contributed by atoms with Gasteiger partial charge in [-0.15, -0.1) is 0 Å². The lowest BCUT2D eigenvalue weighted by molar-refractivity contribution is -0.139. The van der Waals surface area contributed by atoms with Gasteiger partial charge in [-0.3, -0.25) is 0 Å². The number of hydrogen-bond donors (Lipinski definition) is 3. The smallest absolute Gasteiger partial charge is 0.408 e. The highest BCUT2D eigenvalue weighted by molar-refractivity contribution is 5.79. The number of nitrogens with zero attached hydrogens (tertiary/aromatic N) is 3. The Bertz CT molecular complexity index is 786. The molecule has 30 heavy (non-hydrogen) atoms. The molecule has 1 aromatic carbocycles. The molecule has 0 aromatic heterocycles. The molecule has 11 heteroatoms. The number of alkyl carbamates (subject to hydrolysis) is 2. The van der Waals surface area contributed by atoms with Crippen LogP contribution in [0.15, 0.2) is 29.4 Å². The Labute approximate surface area is 174 Å². The summed E-state index contributed by atoms with van der Waals surface area (Å²) >= 11 is 0. The summed E-state index contributed by atoms with van der Waals surface area (Å²) < 4.78 is 10.1. The minimum absolute atomic E-state index is 0.0536. The standard InChI is InChI=1S/C19H27N5O6/c1-19(2,3)30-18(28)22-15(16(25)26)10-6-7-11-21-17(27)29-12-13-8-4-5-9-14(13)23-24-20/h4-5,8-9,15H,6-7,10-12H2,1-3H3,(H,21,27)(H,22,28)(H,25,26)/t15-/m0/s1. The number of carboxylic acid groups (broad SMARTS) is 1. The second-order valence-electron chi connectivity index (χ2n) is 7.35. The van der Waals surface area contributed by atoms with Crippen molar-refractivity contribution >= 4 is 23.8 Å². The lowest BCUT2D eigenvalue weighted by atomic mass is 10.1. The fourth-order valence-corrected chi connectivity index (χ4v) is 2.34. The summed E-state index contributed by atoms with van der Waals surface area (Å²) in [5.41, 5.74) is 8.76. The summed E-state index contributed by atoms with van der Waals surface area (Å²) in [6.45, 7) is 5.27. The highest BCUT2D eigenvalue weighted by atomic mass is 16.6. The van der Waals surface area contributed by atoms with Crippen molar-refractivity contribution in [1.82, 2.24) is 10.6 Å². The van der Waals surface area contributed by atoms with Gasteiger partial charge in [0.1, 0.15) is 18.2 Å². The molecule has 0 fully saturated rings. The monoisotopic (exact) mass is 421 g/mol. The quantitative estimate of drug-likeness (QED) is 0.224. The van der Waals surface area contributed by atoms with Gasteiger partial charge in [-0.2, -0.15) is 0 Å². The molecule has 1 rings (SSSR count). The molecule has 0 spiro atoms. The Hall–Kier alpha value is -3.46. The summed E-state index contributed by atoms with van der Waals surface area (Å²) in [4.78, 5) is 37.5. The maximum atomic E-state index is 11.8. The zero-order chi connectivity index (χ0) is 22.6. The molecule has 0 aliphatic carbocycles. The van der Waals surface area contributed by atoms with E-state index in [1.54, 1.807) is 45.0 Å². The fourth-order valence-electron chi connectivity index (χ4n) is 2.34. The van der Waals surface area contributed by atoms with Crippen LogP contribution in [0.4, 0.5) is 15.3 Å². The van der Waals surface area contributed by atoms with Gasteiger partial charge in [-0.25, -0.2) is 14.4 Å². The molecular formula is C19H27N5O6. The first kappa shape index (κ1) is 24.6. The summed E-state index contributed by atoms with van der Waals surface area (Å²) in [5, 5.41) is 17.6. The molecule has 0 aliphatic heterocycles. The molecule has 2 amide bonds. The summed E-state index contributed by atoms with van der Waals surface area (Å²) in [6.07, 6.45) is -0.313. The van der Waals surface area contributed by atoms with Crippen LogP contribution in [0.5, 0.6) is 0 Å². The predicted octanol–water partition coefficient (Wildman–Crippen LogP) is 4.00. The SMILES string of the molecule is CC(C)(C)OC(=O)N[C@@H](CCCCNC(=O)OCc1ccccc1N=[N+]=[N-])C(=O)O. The second-order valence-corrected chi connectivity index (χ2v) is 7.35. The molecule has 1 atom stereocenters. The Morgan fingerprint density at radius 2 is 1.90 bits per heavy atom.